The molecule has 2 heterocycles. The average Bonchev–Trinajstić information content (AvgIpc) is 2.53. The van der Waals surface area contributed by atoms with Crippen molar-refractivity contribution in [3.05, 3.63) is 18.3 Å². The summed E-state index contributed by atoms with van der Waals surface area (Å²) in [6, 6.07) is 0. The molecule has 2 aromatic rings. The minimum Gasteiger partial charge on any atom is -0.342 e. The summed E-state index contributed by atoms with van der Waals surface area (Å²) >= 11 is 0. The van der Waals surface area contributed by atoms with Gasteiger partial charge in [-0.05, 0) is 0 Å². The summed E-state index contributed by atoms with van der Waals surface area (Å²) in [6.45, 7) is 0. The monoisotopic (exact) mass is 162 g/mol. The Morgan fingerprint density at radius 2 is 2.33 bits per heavy atom. The van der Waals surface area contributed by atoms with Gasteiger partial charge in [-0.25, -0.2) is 15.0 Å². The maximum atomic E-state index is 10.2. The number of aldehydes is 1. The Balaban J connectivity index is 2.65. The summed E-state index contributed by atoms with van der Waals surface area (Å²) in [5.74, 6) is 0. The first-order chi connectivity index (χ1) is 5.92. The second-order valence-corrected chi connectivity index (χ2v) is 2.29. The van der Waals surface area contributed by atoms with Crippen molar-refractivity contribution in [2.24, 2.45) is 0 Å². The van der Waals surface area contributed by atoms with Crippen molar-refractivity contribution >= 4 is 17.5 Å². The third-order valence-electron chi connectivity index (χ3n) is 1.58. The van der Waals surface area contributed by atoms with Gasteiger partial charge in [0, 0.05) is 6.42 Å². The zero-order chi connectivity index (χ0) is 8.39. The predicted molar refractivity (Wildman–Crippen MR) is 41.5 cm³/mol. The third kappa shape index (κ3) is 0.952. The molecule has 2 aromatic heterocycles. The van der Waals surface area contributed by atoms with Crippen LogP contribution in [0.2, 0.25) is 0 Å². The van der Waals surface area contributed by atoms with Crippen LogP contribution in [0.25, 0.3) is 11.2 Å². The third-order valence-corrected chi connectivity index (χ3v) is 1.58. The van der Waals surface area contributed by atoms with Gasteiger partial charge in [0.2, 0.25) is 0 Å². The molecule has 1 N–H and O–H groups in total. The molecular weight excluding hydrogens is 156 g/mol. The average molecular weight is 162 g/mol. The molecule has 0 fully saturated rings. The summed E-state index contributed by atoms with van der Waals surface area (Å²) in [7, 11) is 0. The van der Waals surface area contributed by atoms with Crippen LogP contribution in [-0.4, -0.2) is 26.2 Å². The highest BCUT2D eigenvalue weighted by Crippen LogP contribution is 2.08. The van der Waals surface area contributed by atoms with Gasteiger partial charge < -0.3 is 9.78 Å². The van der Waals surface area contributed by atoms with E-state index in [9.17, 15) is 4.79 Å². The number of nitrogens with zero attached hydrogens (tertiary/aromatic N) is 3. The SMILES string of the molecule is O=CCc1ncnc2nc[nH]c12. The van der Waals surface area contributed by atoms with E-state index in [1.54, 1.807) is 0 Å². The van der Waals surface area contributed by atoms with Crippen LogP contribution < -0.4 is 0 Å². The van der Waals surface area contributed by atoms with Gasteiger partial charge in [0.25, 0.3) is 0 Å². The Labute approximate surface area is 67.9 Å². The van der Waals surface area contributed by atoms with Crippen molar-refractivity contribution in [2.75, 3.05) is 0 Å². The lowest BCUT2D eigenvalue weighted by atomic mass is 10.3. The van der Waals surface area contributed by atoms with Crippen LogP contribution in [0.5, 0.6) is 0 Å². The molecule has 0 saturated heterocycles. The second kappa shape index (κ2) is 2.69. The lowest BCUT2D eigenvalue weighted by molar-refractivity contribution is -0.107. The van der Waals surface area contributed by atoms with Gasteiger partial charge in [-0.3, -0.25) is 0 Å². The molecule has 5 heteroatoms. The van der Waals surface area contributed by atoms with E-state index < -0.39 is 0 Å². The van der Waals surface area contributed by atoms with Crippen LogP contribution >= 0.6 is 0 Å². The number of carbonyl (C=O) groups excluding carboxylic acids is 1. The van der Waals surface area contributed by atoms with E-state index in [1.807, 2.05) is 0 Å². The smallest absolute Gasteiger partial charge is 0.180 e. The molecule has 12 heavy (non-hydrogen) atoms. The molecule has 0 amide bonds. The van der Waals surface area contributed by atoms with Crippen molar-refractivity contribution in [1.82, 2.24) is 19.9 Å². The molecule has 0 aliphatic heterocycles. The van der Waals surface area contributed by atoms with E-state index in [4.69, 9.17) is 0 Å². The number of hydrogen-bond donors (Lipinski definition) is 1. The summed E-state index contributed by atoms with van der Waals surface area (Å²) in [5.41, 5.74) is 2.03. The Hall–Kier alpha value is -1.78. The Bertz CT molecular complexity index is 408. The van der Waals surface area contributed by atoms with Crippen molar-refractivity contribution < 1.29 is 4.79 Å². The molecule has 0 saturated carbocycles. The zero-order valence-electron chi connectivity index (χ0n) is 6.19. The lowest BCUT2D eigenvalue weighted by Crippen LogP contribution is -1.93. The number of imidazole rings is 1. The molecule has 0 bridgehead atoms. The predicted octanol–water partition coefficient (Wildman–Crippen LogP) is 0.0943. The second-order valence-electron chi connectivity index (χ2n) is 2.29. The number of nitrogens with one attached hydrogen (secondary N) is 1. The summed E-state index contributed by atoms with van der Waals surface area (Å²) in [5, 5.41) is 0. The molecule has 0 unspecified atom stereocenters. The molecule has 5 nitrogen and oxygen atoms in total. The number of aromatic nitrogens is 4. The largest absolute Gasteiger partial charge is 0.342 e. The van der Waals surface area contributed by atoms with Crippen LogP contribution in [0.4, 0.5) is 0 Å². The van der Waals surface area contributed by atoms with Crippen LogP contribution in [0, 0.1) is 0 Å². The van der Waals surface area contributed by atoms with Crippen LogP contribution in [0.1, 0.15) is 5.69 Å². The van der Waals surface area contributed by atoms with E-state index >= 15 is 0 Å². The summed E-state index contributed by atoms with van der Waals surface area (Å²) in [6.07, 6.45) is 4.04. The minimum atomic E-state index is 0.293. The van der Waals surface area contributed by atoms with Crippen molar-refractivity contribution in [3.8, 4) is 0 Å². The fraction of sp³-hybridized carbons (Fsp3) is 0.143. The maximum Gasteiger partial charge on any atom is 0.180 e. The van der Waals surface area contributed by atoms with Crippen LogP contribution in [0.3, 0.4) is 0 Å². The number of carbonyl (C=O) groups is 1. The molecular formula is C7H6N4O. The Kier molecular flexibility index (Phi) is 1.55. The molecule has 0 aromatic carbocycles. The zero-order valence-corrected chi connectivity index (χ0v) is 6.19. The first-order valence-electron chi connectivity index (χ1n) is 3.48. The van der Waals surface area contributed by atoms with Crippen molar-refractivity contribution in [1.29, 1.82) is 0 Å². The highest BCUT2D eigenvalue weighted by atomic mass is 16.1. The van der Waals surface area contributed by atoms with E-state index in [1.165, 1.54) is 12.7 Å². The van der Waals surface area contributed by atoms with Gasteiger partial charge in [0.15, 0.2) is 5.65 Å². The molecule has 0 aliphatic carbocycles. The fourth-order valence-electron chi connectivity index (χ4n) is 1.05. The van der Waals surface area contributed by atoms with E-state index in [0.717, 1.165) is 11.8 Å². The van der Waals surface area contributed by atoms with Gasteiger partial charge in [-0.1, -0.05) is 0 Å². The van der Waals surface area contributed by atoms with E-state index in [2.05, 4.69) is 19.9 Å². The lowest BCUT2D eigenvalue weighted by Gasteiger charge is -1.93. The number of rotatable bonds is 2. The first-order valence-corrected chi connectivity index (χ1v) is 3.48. The molecule has 0 atom stereocenters. The van der Waals surface area contributed by atoms with Crippen LogP contribution in [-0.2, 0) is 11.2 Å². The molecule has 0 spiro atoms. The Morgan fingerprint density at radius 3 is 3.17 bits per heavy atom. The van der Waals surface area contributed by atoms with Gasteiger partial charge >= 0.3 is 0 Å². The van der Waals surface area contributed by atoms with Crippen molar-refractivity contribution in [3.63, 3.8) is 0 Å². The minimum absolute atomic E-state index is 0.293. The van der Waals surface area contributed by atoms with Crippen LogP contribution in [0.15, 0.2) is 12.7 Å². The molecule has 0 aliphatic rings. The molecule has 2 rings (SSSR count). The topological polar surface area (TPSA) is 71.5 Å². The number of aromatic amines is 1. The van der Waals surface area contributed by atoms with Gasteiger partial charge in [0.05, 0.1) is 12.0 Å². The summed E-state index contributed by atoms with van der Waals surface area (Å²) < 4.78 is 0. The number of fused-ring (bicyclic) bond motifs is 1. The molecule has 60 valence electrons. The number of H-pyrrole nitrogens is 1. The quantitative estimate of drug-likeness (QED) is 0.635. The fourth-order valence-corrected chi connectivity index (χ4v) is 1.05. The summed E-state index contributed by atoms with van der Waals surface area (Å²) in [4.78, 5) is 24.9. The van der Waals surface area contributed by atoms with Gasteiger partial charge in [-0.2, -0.15) is 0 Å². The standard InChI is InChI=1S/C7H6N4O/c12-2-1-5-6-7(10-3-8-5)11-4-9-6/h2-4H,1H2,(H,8,9,10,11). The number of hydrogen-bond acceptors (Lipinski definition) is 4. The maximum absolute atomic E-state index is 10.2. The van der Waals surface area contributed by atoms with Crippen molar-refractivity contribution in [2.45, 2.75) is 6.42 Å². The van der Waals surface area contributed by atoms with E-state index in [-0.39, 0.29) is 0 Å². The Morgan fingerprint density at radius 1 is 1.42 bits per heavy atom. The highest BCUT2D eigenvalue weighted by Gasteiger charge is 2.03. The molecule has 0 radical (unpaired) electrons. The van der Waals surface area contributed by atoms with E-state index in [0.29, 0.717) is 17.8 Å². The van der Waals surface area contributed by atoms with Gasteiger partial charge in [-0.15, -0.1) is 0 Å². The normalized spacial score (nSPS) is 10.3. The first kappa shape index (κ1) is 6.90. The highest BCUT2D eigenvalue weighted by molar-refractivity contribution is 5.75. The van der Waals surface area contributed by atoms with Gasteiger partial charge in [0.1, 0.15) is 18.1 Å².